The van der Waals surface area contributed by atoms with Crippen molar-refractivity contribution in [2.75, 3.05) is 26.0 Å². The summed E-state index contributed by atoms with van der Waals surface area (Å²) in [5, 5.41) is 2.33. The van der Waals surface area contributed by atoms with Crippen molar-refractivity contribution in [3.05, 3.63) is 59.4 Å². The lowest BCUT2D eigenvalue weighted by molar-refractivity contribution is -0.885. The van der Waals surface area contributed by atoms with Crippen molar-refractivity contribution in [1.29, 1.82) is 0 Å². The number of hydrogen-bond acceptors (Lipinski definition) is 2. The second-order valence-electron chi connectivity index (χ2n) is 5.45. The minimum Gasteiger partial charge on any atom is -0.494 e. The van der Waals surface area contributed by atoms with Crippen LogP contribution in [0.4, 0.5) is 18.9 Å². The second kappa shape index (κ2) is 7.83. The first kappa shape index (κ1) is 17.8. The number of carbonyl (C=O) groups is 1. The van der Waals surface area contributed by atoms with Crippen molar-refractivity contribution in [2.24, 2.45) is 0 Å². The third-order valence-corrected chi connectivity index (χ3v) is 3.39. The van der Waals surface area contributed by atoms with Crippen LogP contribution in [0.1, 0.15) is 5.56 Å². The number of amides is 1. The molecule has 0 heterocycles. The van der Waals surface area contributed by atoms with Crippen molar-refractivity contribution in [1.82, 2.24) is 0 Å². The van der Waals surface area contributed by atoms with Gasteiger partial charge in [0.05, 0.1) is 19.8 Å². The van der Waals surface area contributed by atoms with E-state index in [9.17, 15) is 18.0 Å². The fraction of sp³-hybridized carbons (Fsp3) is 0.235. The maximum Gasteiger partial charge on any atom is 0.279 e. The van der Waals surface area contributed by atoms with E-state index in [4.69, 9.17) is 4.74 Å². The molecule has 7 heteroatoms. The Morgan fingerprint density at radius 2 is 1.88 bits per heavy atom. The van der Waals surface area contributed by atoms with Gasteiger partial charge in [0, 0.05) is 11.6 Å². The lowest BCUT2D eigenvalue weighted by atomic mass is 10.2. The van der Waals surface area contributed by atoms with Crippen molar-refractivity contribution >= 4 is 11.6 Å². The monoisotopic (exact) mass is 339 g/mol. The number of anilines is 1. The number of nitrogens with one attached hydrogen (secondary N) is 2. The molecule has 0 aliphatic carbocycles. The minimum absolute atomic E-state index is 0.0175. The van der Waals surface area contributed by atoms with Crippen molar-refractivity contribution < 1.29 is 27.6 Å². The number of rotatable bonds is 6. The first-order valence-electron chi connectivity index (χ1n) is 7.27. The second-order valence-corrected chi connectivity index (χ2v) is 5.45. The number of likely N-dealkylation sites (N-methyl/N-ethyl adjacent to an activating group) is 1. The van der Waals surface area contributed by atoms with E-state index in [-0.39, 0.29) is 18.0 Å². The van der Waals surface area contributed by atoms with Crippen LogP contribution in [0.15, 0.2) is 36.4 Å². The Balaban J connectivity index is 1.94. The summed E-state index contributed by atoms with van der Waals surface area (Å²) in [4.78, 5) is 12.7. The maximum absolute atomic E-state index is 13.6. The molecule has 0 saturated heterocycles. The van der Waals surface area contributed by atoms with Crippen molar-refractivity contribution in [2.45, 2.75) is 6.54 Å². The average Bonchev–Trinajstić information content (AvgIpc) is 2.51. The predicted octanol–water partition coefficient (Wildman–Crippen LogP) is 1.77. The molecule has 24 heavy (non-hydrogen) atoms. The number of hydrogen-bond donors (Lipinski definition) is 2. The highest BCUT2D eigenvalue weighted by Crippen LogP contribution is 2.17. The molecule has 2 aromatic rings. The summed E-state index contributed by atoms with van der Waals surface area (Å²) in [5.41, 5.74) is 0.485. The summed E-state index contributed by atoms with van der Waals surface area (Å²) in [6.45, 7) is 0.406. The summed E-state index contributed by atoms with van der Waals surface area (Å²) in [6.07, 6.45) is 0. The zero-order chi connectivity index (χ0) is 17.7. The average molecular weight is 339 g/mol. The van der Waals surface area contributed by atoms with Crippen LogP contribution < -0.4 is 15.0 Å². The number of ether oxygens (including phenoxy) is 1. The Labute approximate surface area is 137 Å². The largest absolute Gasteiger partial charge is 0.494 e. The van der Waals surface area contributed by atoms with Crippen LogP contribution in [0, 0.1) is 17.5 Å². The fourth-order valence-electron chi connectivity index (χ4n) is 2.29. The molecule has 0 bridgehead atoms. The van der Waals surface area contributed by atoms with Crippen LogP contribution in [-0.4, -0.2) is 26.6 Å². The Kier molecular flexibility index (Phi) is 5.81. The molecule has 1 amide bonds. The van der Waals surface area contributed by atoms with Crippen molar-refractivity contribution in [3.63, 3.8) is 0 Å². The minimum atomic E-state index is -0.709. The van der Waals surface area contributed by atoms with Crippen LogP contribution in [0.25, 0.3) is 0 Å². The van der Waals surface area contributed by atoms with Gasteiger partial charge in [-0.25, -0.2) is 13.2 Å². The lowest BCUT2D eigenvalue weighted by Gasteiger charge is -2.14. The topological polar surface area (TPSA) is 42.8 Å². The molecule has 2 aromatic carbocycles. The molecule has 0 radical (unpaired) electrons. The number of methoxy groups -OCH3 is 1. The molecule has 2 N–H and O–H groups in total. The van der Waals surface area contributed by atoms with Crippen LogP contribution in [0.5, 0.6) is 5.75 Å². The summed E-state index contributed by atoms with van der Waals surface area (Å²) in [6, 6.07) is 7.39. The van der Waals surface area contributed by atoms with E-state index in [0.29, 0.717) is 12.1 Å². The van der Waals surface area contributed by atoms with E-state index < -0.39 is 23.4 Å². The van der Waals surface area contributed by atoms with E-state index in [1.54, 1.807) is 13.1 Å². The number of quaternary nitrogens is 1. The number of benzene rings is 2. The Hall–Kier alpha value is -2.54. The van der Waals surface area contributed by atoms with Crippen LogP contribution in [0.3, 0.4) is 0 Å². The summed E-state index contributed by atoms with van der Waals surface area (Å²) in [5.74, 6) is -2.14. The molecule has 128 valence electrons. The molecular formula is C17H18F3N2O2+. The van der Waals surface area contributed by atoms with E-state index in [1.165, 1.54) is 19.2 Å². The van der Waals surface area contributed by atoms with Crippen molar-refractivity contribution in [3.8, 4) is 5.75 Å². The highest BCUT2D eigenvalue weighted by molar-refractivity contribution is 5.91. The lowest BCUT2D eigenvalue weighted by Crippen LogP contribution is -3.08. The predicted molar refractivity (Wildman–Crippen MR) is 83.4 cm³/mol. The summed E-state index contributed by atoms with van der Waals surface area (Å²) >= 11 is 0. The van der Waals surface area contributed by atoms with Gasteiger partial charge in [-0.3, -0.25) is 4.79 Å². The van der Waals surface area contributed by atoms with Gasteiger partial charge in [-0.1, -0.05) is 0 Å². The Morgan fingerprint density at radius 3 is 2.54 bits per heavy atom. The van der Waals surface area contributed by atoms with Gasteiger partial charge in [0.25, 0.3) is 5.91 Å². The fourth-order valence-corrected chi connectivity index (χ4v) is 2.29. The quantitative estimate of drug-likeness (QED) is 0.842. The van der Waals surface area contributed by atoms with Gasteiger partial charge in [0.15, 0.2) is 18.1 Å². The van der Waals surface area contributed by atoms with Gasteiger partial charge in [-0.2, -0.15) is 0 Å². The molecule has 0 spiro atoms. The third-order valence-electron chi connectivity index (χ3n) is 3.39. The smallest absolute Gasteiger partial charge is 0.279 e. The Morgan fingerprint density at radius 1 is 1.12 bits per heavy atom. The first-order chi connectivity index (χ1) is 11.4. The van der Waals surface area contributed by atoms with Crippen LogP contribution >= 0.6 is 0 Å². The molecular weight excluding hydrogens is 321 g/mol. The maximum atomic E-state index is 13.6. The van der Waals surface area contributed by atoms with E-state index in [1.807, 2.05) is 0 Å². The van der Waals surface area contributed by atoms with Gasteiger partial charge in [0.1, 0.15) is 18.2 Å². The zero-order valence-electron chi connectivity index (χ0n) is 13.3. The molecule has 2 rings (SSSR count). The molecule has 1 atom stereocenters. The van der Waals surface area contributed by atoms with Gasteiger partial charge < -0.3 is 15.0 Å². The van der Waals surface area contributed by atoms with Gasteiger partial charge in [0.2, 0.25) is 0 Å². The highest BCUT2D eigenvalue weighted by atomic mass is 19.1. The summed E-state index contributed by atoms with van der Waals surface area (Å²) in [7, 11) is 3.12. The number of carbonyl (C=O) groups excluding carboxylic acids is 1. The van der Waals surface area contributed by atoms with Gasteiger partial charge >= 0.3 is 0 Å². The number of halogens is 3. The molecule has 0 aliphatic rings. The standard InChI is InChI=1S/C17H17F3N2O2/c1-22(9-11-3-6-16(24-2)14(20)7-11)10-17(23)21-15-8-12(18)4-5-13(15)19/h3-8H,9-10H2,1-2H3,(H,21,23)/p+1. The first-order valence-corrected chi connectivity index (χ1v) is 7.27. The zero-order valence-corrected chi connectivity index (χ0v) is 13.3. The van der Waals surface area contributed by atoms with E-state index in [2.05, 4.69) is 5.32 Å². The molecule has 0 fully saturated rings. The molecule has 1 unspecified atom stereocenters. The van der Waals surface area contributed by atoms with Crippen LogP contribution in [-0.2, 0) is 11.3 Å². The van der Waals surface area contributed by atoms with Gasteiger partial charge in [-0.15, -0.1) is 0 Å². The SMILES string of the molecule is COc1ccc(C[NH+](C)CC(=O)Nc2cc(F)ccc2F)cc1F. The molecule has 0 aliphatic heterocycles. The normalized spacial score (nSPS) is 11.9. The molecule has 0 aromatic heterocycles. The van der Waals surface area contributed by atoms with Gasteiger partial charge in [-0.05, 0) is 30.3 Å². The molecule has 0 saturated carbocycles. The summed E-state index contributed by atoms with van der Waals surface area (Å²) < 4.78 is 45.1. The highest BCUT2D eigenvalue weighted by Gasteiger charge is 2.14. The van der Waals surface area contributed by atoms with E-state index in [0.717, 1.165) is 23.1 Å². The van der Waals surface area contributed by atoms with Crippen LogP contribution in [0.2, 0.25) is 0 Å². The third kappa shape index (κ3) is 4.73. The molecule has 4 nitrogen and oxygen atoms in total. The Bertz CT molecular complexity index is 738. The van der Waals surface area contributed by atoms with E-state index >= 15 is 0 Å².